The Morgan fingerprint density at radius 3 is 1.86 bits per heavy atom. The van der Waals surface area contributed by atoms with Crippen molar-refractivity contribution >= 4 is 17.3 Å². The molecule has 0 aliphatic heterocycles. The molecule has 2 atom stereocenters. The summed E-state index contributed by atoms with van der Waals surface area (Å²) in [5.74, 6) is -1.68. The SMILES string of the molecule is N#CC1(C(N)=O)C(c2ccccc2)=C(C(=O)c2ccccc2)C1c1ccccc1. The highest BCUT2D eigenvalue weighted by molar-refractivity contribution is 6.22. The average molecular weight is 378 g/mol. The second kappa shape index (κ2) is 7.21. The molecule has 0 saturated heterocycles. The van der Waals surface area contributed by atoms with Gasteiger partial charge in [0, 0.05) is 17.1 Å². The van der Waals surface area contributed by atoms with Gasteiger partial charge in [-0.15, -0.1) is 0 Å². The molecule has 0 saturated carbocycles. The average Bonchev–Trinajstić information content (AvgIpc) is 2.75. The Morgan fingerprint density at radius 1 is 0.828 bits per heavy atom. The van der Waals surface area contributed by atoms with Crippen LogP contribution in [0.2, 0.25) is 0 Å². The van der Waals surface area contributed by atoms with Crippen LogP contribution in [0.15, 0.2) is 96.6 Å². The molecule has 1 amide bonds. The smallest absolute Gasteiger partial charge is 0.243 e. The molecule has 3 aromatic carbocycles. The molecule has 0 heterocycles. The third-order valence-electron chi connectivity index (χ3n) is 5.43. The van der Waals surface area contributed by atoms with E-state index < -0.39 is 17.2 Å². The zero-order valence-electron chi connectivity index (χ0n) is 15.6. The molecule has 2 N–H and O–H groups in total. The van der Waals surface area contributed by atoms with Crippen molar-refractivity contribution in [3.63, 3.8) is 0 Å². The first-order valence-corrected chi connectivity index (χ1v) is 9.27. The maximum absolute atomic E-state index is 13.5. The lowest BCUT2D eigenvalue weighted by atomic mass is 9.51. The molecule has 4 nitrogen and oxygen atoms in total. The lowest BCUT2D eigenvalue weighted by molar-refractivity contribution is -0.123. The van der Waals surface area contributed by atoms with Gasteiger partial charge < -0.3 is 5.73 Å². The van der Waals surface area contributed by atoms with Crippen molar-refractivity contribution in [2.75, 3.05) is 0 Å². The van der Waals surface area contributed by atoms with Crippen molar-refractivity contribution in [3.05, 3.63) is 113 Å². The van der Waals surface area contributed by atoms with Gasteiger partial charge in [-0.05, 0) is 16.7 Å². The number of nitrogens with zero attached hydrogens (tertiary/aromatic N) is 1. The topological polar surface area (TPSA) is 83.9 Å². The third kappa shape index (κ3) is 2.76. The number of hydrogen-bond donors (Lipinski definition) is 1. The zero-order valence-corrected chi connectivity index (χ0v) is 15.6. The Morgan fingerprint density at radius 2 is 1.34 bits per heavy atom. The van der Waals surface area contributed by atoms with Crippen molar-refractivity contribution in [2.45, 2.75) is 5.92 Å². The largest absolute Gasteiger partial charge is 0.368 e. The van der Waals surface area contributed by atoms with Gasteiger partial charge in [0.2, 0.25) is 5.91 Å². The summed E-state index contributed by atoms with van der Waals surface area (Å²) >= 11 is 0. The number of ketones is 1. The van der Waals surface area contributed by atoms with Crippen LogP contribution in [-0.4, -0.2) is 11.7 Å². The summed E-state index contributed by atoms with van der Waals surface area (Å²) in [7, 11) is 0. The number of carbonyl (C=O) groups is 2. The van der Waals surface area contributed by atoms with Gasteiger partial charge >= 0.3 is 0 Å². The minimum absolute atomic E-state index is 0.203. The number of Topliss-reactive ketones (excluding diaryl/α,β-unsaturated/α-hetero) is 1. The van der Waals surface area contributed by atoms with Gasteiger partial charge in [-0.1, -0.05) is 91.0 Å². The van der Waals surface area contributed by atoms with Crippen LogP contribution in [0.5, 0.6) is 0 Å². The number of rotatable bonds is 5. The molecule has 3 aromatic rings. The minimum Gasteiger partial charge on any atom is -0.368 e. The Kier molecular flexibility index (Phi) is 4.58. The van der Waals surface area contributed by atoms with Gasteiger partial charge in [0.25, 0.3) is 0 Å². The Bertz CT molecular complexity index is 1150. The van der Waals surface area contributed by atoms with E-state index in [1.165, 1.54) is 0 Å². The molecule has 29 heavy (non-hydrogen) atoms. The molecule has 0 bridgehead atoms. The monoisotopic (exact) mass is 378 g/mol. The van der Waals surface area contributed by atoms with Crippen LogP contribution in [0.4, 0.5) is 0 Å². The van der Waals surface area contributed by atoms with Crippen LogP contribution >= 0.6 is 0 Å². The fourth-order valence-corrected chi connectivity index (χ4v) is 4.12. The lowest BCUT2D eigenvalue weighted by Crippen LogP contribution is -2.51. The van der Waals surface area contributed by atoms with Crippen molar-refractivity contribution < 1.29 is 9.59 Å². The summed E-state index contributed by atoms with van der Waals surface area (Å²) in [6.45, 7) is 0. The van der Waals surface area contributed by atoms with E-state index in [0.717, 1.165) is 0 Å². The first-order chi connectivity index (χ1) is 14.1. The van der Waals surface area contributed by atoms with E-state index in [1.54, 1.807) is 36.4 Å². The van der Waals surface area contributed by atoms with Gasteiger partial charge in [0.1, 0.15) is 0 Å². The second-order valence-electron chi connectivity index (χ2n) is 6.98. The van der Waals surface area contributed by atoms with Crippen molar-refractivity contribution in [1.82, 2.24) is 0 Å². The number of hydrogen-bond acceptors (Lipinski definition) is 3. The number of nitrogens with two attached hydrogens (primary N) is 1. The van der Waals surface area contributed by atoms with Crippen LogP contribution in [0.3, 0.4) is 0 Å². The molecule has 1 aliphatic rings. The van der Waals surface area contributed by atoms with Gasteiger partial charge in [0.05, 0.1) is 6.07 Å². The van der Waals surface area contributed by atoms with Gasteiger partial charge in [0.15, 0.2) is 11.2 Å². The normalized spacial score (nSPS) is 20.4. The fraction of sp³-hybridized carbons (Fsp3) is 0.0800. The maximum atomic E-state index is 13.5. The van der Waals surface area contributed by atoms with E-state index in [0.29, 0.717) is 27.8 Å². The van der Waals surface area contributed by atoms with Crippen molar-refractivity contribution in [2.24, 2.45) is 11.1 Å². The molecule has 0 aromatic heterocycles. The molecule has 1 aliphatic carbocycles. The van der Waals surface area contributed by atoms with E-state index >= 15 is 0 Å². The van der Waals surface area contributed by atoms with E-state index in [1.807, 2.05) is 54.6 Å². The number of carbonyl (C=O) groups excluding carboxylic acids is 2. The highest BCUT2D eigenvalue weighted by atomic mass is 16.1. The summed E-state index contributed by atoms with van der Waals surface area (Å²) < 4.78 is 0. The molecular weight excluding hydrogens is 360 g/mol. The molecular formula is C25H18N2O2. The summed E-state index contributed by atoms with van der Waals surface area (Å²) in [6, 6.07) is 29.2. The van der Waals surface area contributed by atoms with E-state index in [-0.39, 0.29) is 5.78 Å². The van der Waals surface area contributed by atoms with Crippen LogP contribution < -0.4 is 5.73 Å². The lowest BCUT2D eigenvalue weighted by Gasteiger charge is -2.46. The van der Waals surface area contributed by atoms with Crippen molar-refractivity contribution in [3.8, 4) is 6.07 Å². The standard InChI is InChI=1S/C25H18N2O2/c26-16-25(24(27)29)21(17-10-4-1-5-11-17)20(22(25)18-12-6-2-7-13-18)23(28)19-14-8-3-9-15-19/h1-15,21H,(H2,27,29). The fourth-order valence-electron chi connectivity index (χ4n) is 4.12. The molecule has 0 spiro atoms. The van der Waals surface area contributed by atoms with E-state index in [2.05, 4.69) is 6.07 Å². The summed E-state index contributed by atoms with van der Waals surface area (Å²) in [6.07, 6.45) is 0. The Labute approximate surface area is 168 Å². The molecule has 0 fully saturated rings. The molecule has 2 unspecified atom stereocenters. The molecule has 4 heteroatoms. The van der Waals surface area contributed by atoms with E-state index in [4.69, 9.17) is 5.73 Å². The predicted octanol–water partition coefficient (Wildman–Crippen LogP) is 4.12. The second-order valence-corrected chi connectivity index (χ2v) is 6.98. The third-order valence-corrected chi connectivity index (χ3v) is 5.43. The van der Waals surface area contributed by atoms with E-state index in [9.17, 15) is 14.9 Å². The predicted molar refractivity (Wildman–Crippen MR) is 111 cm³/mol. The van der Waals surface area contributed by atoms with Crippen LogP contribution in [-0.2, 0) is 4.79 Å². The van der Waals surface area contributed by atoms with Gasteiger partial charge in [-0.2, -0.15) is 5.26 Å². The summed E-state index contributed by atoms with van der Waals surface area (Å²) in [5.41, 5.74) is 6.90. The van der Waals surface area contributed by atoms with Crippen molar-refractivity contribution in [1.29, 1.82) is 5.26 Å². The summed E-state index contributed by atoms with van der Waals surface area (Å²) in [4.78, 5) is 26.2. The molecule has 0 radical (unpaired) electrons. The first-order valence-electron chi connectivity index (χ1n) is 9.27. The van der Waals surface area contributed by atoms with Crippen LogP contribution in [0.1, 0.15) is 27.4 Å². The first kappa shape index (κ1) is 18.4. The maximum Gasteiger partial charge on any atom is 0.243 e. The zero-order chi connectivity index (χ0) is 20.4. The van der Waals surface area contributed by atoms with Crippen LogP contribution in [0, 0.1) is 16.7 Å². The van der Waals surface area contributed by atoms with Gasteiger partial charge in [-0.25, -0.2) is 0 Å². The number of primary amides is 1. The number of nitriles is 1. The highest BCUT2D eigenvalue weighted by Gasteiger charge is 2.61. The Balaban J connectivity index is 2.03. The van der Waals surface area contributed by atoms with Gasteiger partial charge in [-0.3, -0.25) is 9.59 Å². The highest BCUT2D eigenvalue weighted by Crippen LogP contribution is 2.61. The number of allylic oxidation sites excluding steroid dienone is 1. The quantitative estimate of drug-likeness (QED) is 0.678. The number of amides is 1. The number of benzene rings is 3. The van der Waals surface area contributed by atoms with Crippen LogP contribution in [0.25, 0.3) is 5.57 Å². The molecule has 4 rings (SSSR count). The minimum atomic E-state index is -1.61. The Hall–Kier alpha value is -3.97. The molecule has 140 valence electrons. The summed E-state index contributed by atoms with van der Waals surface area (Å²) in [5, 5.41) is 10.1.